The van der Waals surface area contributed by atoms with Crippen LogP contribution in [0.1, 0.15) is 25.1 Å². The number of hydrogen-bond donors (Lipinski definition) is 2. The summed E-state index contributed by atoms with van der Waals surface area (Å²) in [4.78, 5) is 8.83. The van der Waals surface area contributed by atoms with E-state index >= 15 is 0 Å². The lowest BCUT2D eigenvalue weighted by Crippen LogP contribution is -2.13. The molecule has 2 rings (SSSR count). The van der Waals surface area contributed by atoms with Crippen LogP contribution in [-0.4, -0.2) is 16.0 Å². The highest BCUT2D eigenvalue weighted by molar-refractivity contribution is 6.31. The molecule has 0 atom stereocenters. The Morgan fingerprint density at radius 2 is 1.90 bits per heavy atom. The minimum Gasteiger partial charge on any atom is -0.352 e. The van der Waals surface area contributed by atoms with E-state index in [1.807, 2.05) is 38.1 Å². The van der Waals surface area contributed by atoms with E-state index in [9.17, 15) is 0 Å². The van der Waals surface area contributed by atoms with Gasteiger partial charge in [0, 0.05) is 28.5 Å². The highest BCUT2D eigenvalue weighted by atomic mass is 35.5. The zero-order chi connectivity index (χ0) is 14.7. The highest BCUT2D eigenvalue weighted by Crippen LogP contribution is 2.26. The fourth-order valence-corrected chi connectivity index (χ4v) is 2.01. The van der Waals surface area contributed by atoms with E-state index in [0.29, 0.717) is 5.95 Å². The molecule has 5 heteroatoms. The largest absolute Gasteiger partial charge is 0.352 e. The van der Waals surface area contributed by atoms with Crippen molar-refractivity contribution in [1.82, 2.24) is 9.97 Å². The third kappa shape index (κ3) is 3.61. The fraction of sp³-hybridized carbons (Fsp3) is 0.333. The van der Waals surface area contributed by atoms with Crippen molar-refractivity contribution >= 4 is 29.1 Å². The number of aryl methyl sites for hydroxylation is 1. The van der Waals surface area contributed by atoms with Crippen LogP contribution in [0.4, 0.5) is 17.5 Å². The maximum absolute atomic E-state index is 6.13. The summed E-state index contributed by atoms with van der Waals surface area (Å²) in [5.41, 5.74) is 2.86. The smallest absolute Gasteiger partial charge is 0.225 e. The van der Waals surface area contributed by atoms with Gasteiger partial charge in [-0.15, -0.1) is 0 Å². The summed E-state index contributed by atoms with van der Waals surface area (Å²) in [5.74, 6) is 1.38. The van der Waals surface area contributed by atoms with Gasteiger partial charge in [-0.1, -0.05) is 17.7 Å². The van der Waals surface area contributed by atoms with Crippen LogP contribution >= 0.6 is 11.6 Å². The molecule has 0 radical (unpaired) electrons. The van der Waals surface area contributed by atoms with Crippen molar-refractivity contribution in [3.63, 3.8) is 0 Å². The molecule has 1 aromatic heterocycles. The van der Waals surface area contributed by atoms with Gasteiger partial charge >= 0.3 is 0 Å². The molecule has 0 amide bonds. The Balaban J connectivity index is 2.29. The quantitative estimate of drug-likeness (QED) is 0.881. The maximum atomic E-state index is 6.13. The van der Waals surface area contributed by atoms with E-state index in [1.54, 1.807) is 0 Å². The van der Waals surface area contributed by atoms with Crippen molar-refractivity contribution in [3.05, 3.63) is 40.5 Å². The third-order valence-corrected chi connectivity index (χ3v) is 3.21. The molecule has 0 bridgehead atoms. The van der Waals surface area contributed by atoms with Crippen LogP contribution < -0.4 is 10.6 Å². The molecule has 4 nitrogen and oxygen atoms in total. The lowest BCUT2D eigenvalue weighted by atomic mass is 10.2. The molecule has 20 heavy (non-hydrogen) atoms. The minimum absolute atomic E-state index is 0.289. The van der Waals surface area contributed by atoms with Gasteiger partial charge in [-0.05, 0) is 45.4 Å². The van der Waals surface area contributed by atoms with Gasteiger partial charge in [0.05, 0.1) is 0 Å². The lowest BCUT2D eigenvalue weighted by molar-refractivity contribution is 0.871. The van der Waals surface area contributed by atoms with E-state index < -0.39 is 0 Å². The van der Waals surface area contributed by atoms with Crippen molar-refractivity contribution in [2.75, 3.05) is 10.6 Å². The van der Waals surface area contributed by atoms with Crippen molar-refractivity contribution < 1.29 is 0 Å². The molecule has 2 aromatic rings. The van der Waals surface area contributed by atoms with E-state index in [0.717, 1.165) is 27.8 Å². The molecule has 0 unspecified atom stereocenters. The number of anilines is 3. The first-order chi connectivity index (χ1) is 9.45. The van der Waals surface area contributed by atoms with Gasteiger partial charge in [-0.3, -0.25) is 0 Å². The van der Waals surface area contributed by atoms with Crippen molar-refractivity contribution in [3.8, 4) is 0 Å². The number of nitrogens with zero attached hydrogens (tertiary/aromatic N) is 2. The third-order valence-electron chi connectivity index (χ3n) is 2.80. The Kier molecular flexibility index (Phi) is 4.45. The SMILES string of the molecule is Cc1cc(Nc2cccc(Cl)c2C)nc(NC(C)C)n1. The van der Waals surface area contributed by atoms with Gasteiger partial charge in [-0.2, -0.15) is 4.98 Å². The van der Waals surface area contributed by atoms with Crippen molar-refractivity contribution in [2.45, 2.75) is 33.7 Å². The first-order valence-corrected chi connectivity index (χ1v) is 6.98. The van der Waals surface area contributed by atoms with Gasteiger partial charge in [0.2, 0.25) is 5.95 Å². The number of halogens is 1. The fourth-order valence-electron chi connectivity index (χ4n) is 1.84. The molecule has 1 aromatic carbocycles. The minimum atomic E-state index is 0.289. The molecule has 0 fully saturated rings. The van der Waals surface area contributed by atoms with Gasteiger partial charge < -0.3 is 10.6 Å². The molecule has 0 aliphatic heterocycles. The summed E-state index contributed by atoms with van der Waals surface area (Å²) in [6, 6.07) is 7.97. The monoisotopic (exact) mass is 290 g/mol. The van der Waals surface area contributed by atoms with E-state index in [1.165, 1.54) is 0 Å². The summed E-state index contributed by atoms with van der Waals surface area (Å²) in [6.07, 6.45) is 0. The number of benzene rings is 1. The Labute approximate surface area is 124 Å². The van der Waals surface area contributed by atoms with Crippen LogP contribution in [0, 0.1) is 13.8 Å². The Morgan fingerprint density at radius 3 is 2.60 bits per heavy atom. The van der Waals surface area contributed by atoms with Crippen molar-refractivity contribution in [2.24, 2.45) is 0 Å². The summed E-state index contributed by atoms with van der Waals surface area (Å²) in [5, 5.41) is 7.24. The maximum Gasteiger partial charge on any atom is 0.225 e. The average Bonchev–Trinajstić information content (AvgIpc) is 2.33. The first-order valence-electron chi connectivity index (χ1n) is 6.60. The Bertz CT molecular complexity index is 611. The van der Waals surface area contributed by atoms with Gasteiger partial charge in [-0.25, -0.2) is 4.98 Å². The summed E-state index contributed by atoms with van der Waals surface area (Å²) >= 11 is 6.13. The number of aromatic nitrogens is 2. The number of hydrogen-bond acceptors (Lipinski definition) is 4. The Hall–Kier alpha value is -1.81. The topological polar surface area (TPSA) is 49.8 Å². The molecule has 0 aliphatic carbocycles. The van der Waals surface area contributed by atoms with Crippen LogP contribution in [0.5, 0.6) is 0 Å². The van der Waals surface area contributed by atoms with Gasteiger partial charge in [0.15, 0.2) is 0 Å². The standard InChI is InChI=1S/C15H19ClN4/c1-9(2)17-15-18-10(3)8-14(20-15)19-13-7-5-6-12(16)11(13)4/h5-9H,1-4H3,(H2,17,18,19,20). The molecule has 106 valence electrons. The highest BCUT2D eigenvalue weighted by Gasteiger charge is 2.06. The predicted octanol–water partition coefficient (Wildman–Crippen LogP) is 4.31. The molecule has 0 saturated heterocycles. The molecule has 1 heterocycles. The second-order valence-electron chi connectivity index (χ2n) is 5.05. The van der Waals surface area contributed by atoms with Gasteiger partial charge in [0.25, 0.3) is 0 Å². The zero-order valence-corrected chi connectivity index (χ0v) is 12.9. The molecule has 0 spiro atoms. The lowest BCUT2D eigenvalue weighted by Gasteiger charge is -2.13. The zero-order valence-electron chi connectivity index (χ0n) is 12.2. The van der Waals surface area contributed by atoms with Crippen LogP contribution in [0.3, 0.4) is 0 Å². The van der Waals surface area contributed by atoms with Crippen LogP contribution in [-0.2, 0) is 0 Å². The van der Waals surface area contributed by atoms with Gasteiger partial charge in [0.1, 0.15) is 5.82 Å². The summed E-state index contributed by atoms with van der Waals surface area (Å²) in [7, 11) is 0. The van der Waals surface area contributed by atoms with E-state index in [4.69, 9.17) is 11.6 Å². The van der Waals surface area contributed by atoms with E-state index in [-0.39, 0.29) is 6.04 Å². The second-order valence-corrected chi connectivity index (χ2v) is 5.46. The molecule has 0 aliphatic rings. The number of rotatable bonds is 4. The van der Waals surface area contributed by atoms with E-state index in [2.05, 4.69) is 34.4 Å². The van der Waals surface area contributed by atoms with Crippen LogP contribution in [0.2, 0.25) is 5.02 Å². The predicted molar refractivity (Wildman–Crippen MR) is 85.0 cm³/mol. The Morgan fingerprint density at radius 1 is 1.15 bits per heavy atom. The summed E-state index contributed by atoms with van der Waals surface area (Å²) in [6.45, 7) is 8.04. The average molecular weight is 291 g/mol. The number of nitrogens with one attached hydrogen (secondary N) is 2. The molecular formula is C15H19ClN4. The molecule has 2 N–H and O–H groups in total. The van der Waals surface area contributed by atoms with Crippen molar-refractivity contribution in [1.29, 1.82) is 0 Å². The van der Waals surface area contributed by atoms with Crippen LogP contribution in [0.25, 0.3) is 0 Å². The first kappa shape index (κ1) is 14.6. The second kappa shape index (κ2) is 6.09. The molecular weight excluding hydrogens is 272 g/mol. The van der Waals surface area contributed by atoms with Crippen LogP contribution in [0.15, 0.2) is 24.3 Å². The normalized spacial score (nSPS) is 10.7. The summed E-state index contributed by atoms with van der Waals surface area (Å²) < 4.78 is 0. The molecule has 0 saturated carbocycles.